The van der Waals surface area contributed by atoms with Crippen LogP contribution < -0.4 is 3.76 Å². The molecular weight excluding hydrogens is 269 g/mol. The molecule has 0 saturated heterocycles. The van der Waals surface area contributed by atoms with E-state index in [0.717, 1.165) is 15.8 Å². The molecule has 0 bridgehead atoms. The average molecular weight is 275 g/mol. The second kappa shape index (κ2) is 4.13. The molecule has 0 aliphatic carbocycles. The van der Waals surface area contributed by atoms with E-state index in [0.29, 0.717) is 0 Å². The van der Waals surface area contributed by atoms with Crippen LogP contribution in [0.1, 0.15) is 5.56 Å². The van der Waals surface area contributed by atoms with Crippen molar-refractivity contribution in [3.05, 3.63) is 28.2 Å². The van der Waals surface area contributed by atoms with Gasteiger partial charge in [0.15, 0.2) is 0 Å². The molecule has 11 heavy (non-hydrogen) atoms. The van der Waals surface area contributed by atoms with Crippen LogP contribution in [-0.4, -0.2) is 22.0 Å². The summed E-state index contributed by atoms with van der Waals surface area (Å²) in [5, 5.41) is 8.87. The average Bonchev–Trinajstić information content (AvgIpc) is 2.04. The summed E-state index contributed by atoms with van der Waals surface area (Å²) in [4.78, 5) is 0. The van der Waals surface area contributed by atoms with Crippen LogP contribution in [0.2, 0.25) is 0 Å². The van der Waals surface area contributed by atoms with Crippen LogP contribution in [0.25, 0.3) is 0 Å². The fourth-order valence-corrected chi connectivity index (χ4v) is 1.60. The van der Waals surface area contributed by atoms with Crippen LogP contribution in [0.15, 0.2) is 22.7 Å². The second-order valence-electron chi connectivity index (χ2n) is 2.01. The van der Waals surface area contributed by atoms with Crippen molar-refractivity contribution >= 4 is 32.8 Å². The predicted molar refractivity (Wildman–Crippen MR) is 46.4 cm³/mol. The van der Waals surface area contributed by atoms with Crippen LogP contribution in [0.3, 0.4) is 0 Å². The molecule has 0 spiro atoms. The summed E-state index contributed by atoms with van der Waals surface area (Å²) >= 11 is 4.89. The van der Waals surface area contributed by atoms with Crippen molar-refractivity contribution in [3.63, 3.8) is 0 Å². The van der Waals surface area contributed by atoms with Crippen molar-refractivity contribution < 1.29 is 8.87 Å². The first-order valence-electron chi connectivity index (χ1n) is 3.01. The predicted octanol–water partition coefficient (Wildman–Crippen LogP) is 1.40. The van der Waals surface area contributed by atoms with Crippen molar-refractivity contribution in [1.82, 2.24) is 0 Å². The van der Waals surface area contributed by atoms with Gasteiger partial charge in [0, 0.05) is 0 Å². The van der Waals surface area contributed by atoms with E-state index in [9.17, 15) is 0 Å². The topological polar surface area (TPSA) is 29.5 Å². The van der Waals surface area contributed by atoms with E-state index in [2.05, 4.69) is 15.9 Å². The van der Waals surface area contributed by atoms with Gasteiger partial charge in [0.1, 0.15) is 0 Å². The maximum absolute atomic E-state index is 8.87. The normalized spacial score (nSPS) is 9.73. The van der Waals surface area contributed by atoms with Crippen LogP contribution in [0.5, 0.6) is 5.75 Å². The van der Waals surface area contributed by atoms with Crippen molar-refractivity contribution in [1.29, 1.82) is 0 Å². The van der Waals surface area contributed by atoms with Crippen molar-refractivity contribution in [2.75, 3.05) is 0 Å². The molecule has 0 aromatic heterocycles. The Morgan fingerprint density at radius 1 is 1.55 bits per heavy atom. The first-order valence-corrected chi connectivity index (χ1v) is 4.65. The second-order valence-corrected chi connectivity index (χ2v) is 3.36. The molecule has 0 atom stereocenters. The fourth-order valence-electron chi connectivity index (χ4n) is 0.771. The molecule has 1 rings (SSSR count). The number of halogens is 1. The van der Waals surface area contributed by atoms with Gasteiger partial charge in [0.25, 0.3) is 0 Å². The Labute approximate surface area is 82.3 Å². The molecule has 0 fully saturated rings. The maximum atomic E-state index is 8.87. The van der Waals surface area contributed by atoms with Crippen LogP contribution in [0.4, 0.5) is 0 Å². The Morgan fingerprint density at radius 3 is 2.82 bits per heavy atom. The summed E-state index contributed by atoms with van der Waals surface area (Å²) < 4.78 is 5.96. The molecule has 2 nitrogen and oxygen atoms in total. The molecule has 1 N–H and O–H groups in total. The number of aliphatic hydroxyl groups is 1. The minimum atomic E-state index is 0.00259. The Bertz CT molecular complexity index is 252. The zero-order valence-electron chi connectivity index (χ0n) is 5.67. The molecular formula is C7H6BrGeO2. The zero-order valence-corrected chi connectivity index (χ0v) is 9.36. The molecule has 0 unspecified atom stereocenters. The van der Waals surface area contributed by atoms with Gasteiger partial charge >= 0.3 is 82.2 Å². The number of hydrogen-bond donors (Lipinski definition) is 1. The Balaban J connectivity index is 3.06. The third-order valence-electron chi connectivity index (χ3n) is 1.30. The van der Waals surface area contributed by atoms with E-state index in [4.69, 9.17) is 8.87 Å². The Kier molecular flexibility index (Phi) is 3.42. The first-order chi connectivity index (χ1) is 5.27. The SMILES string of the molecule is OCc1cc(Br)ccc1[O][Ge]. The Hall–Kier alpha value is 0.00286. The van der Waals surface area contributed by atoms with Crippen LogP contribution in [-0.2, 0) is 6.61 Å². The fraction of sp³-hybridized carbons (Fsp3) is 0.143. The summed E-state index contributed by atoms with van der Waals surface area (Å²) in [6.45, 7) is 0.00259. The van der Waals surface area contributed by atoms with Gasteiger partial charge in [0.2, 0.25) is 0 Å². The summed E-state index contributed by atoms with van der Waals surface area (Å²) in [5.41, 5.74) is 0.793. The molecule has 0 heterocycles. The van der Waals surface area contributed by atoms with Crippen molar-refractivity contribution in [2.45, 2.75) is 6.61 Å². The van der Waals surface area contributed by atoms with E-state index in [1.165, 1.54) is 0 Å². The van der Waals surface area contributed by atoms with Crippen molar-refractivity contribution in [3.8, 4) is 5.75 Å². The molecule has 0 amide bonds. The van der Waals surface area contributed by atoms with Crippen molar-refractivity contribution in [2.24, 2.45) is 0 Å². The number of rotatable bonds is 2. The molecule has 3 radical (unpaired) electrons. The van der Waals surface area contributed by atoms with Gasteiger partial charge in [-0.1, -0.05) is 0 Å². The summed E-state index contributed by atoms with van der Waals surface area (Å²) in [6.07, 6.45) is 0. The van der Waals surface area contributed by atoms with E-state index in [-0.39, 0.29) is 6.61 Å². The monoisotopic (exact) mass is 275 g/mol. The standard InChI is InChI=1S/C7H6BrGeO2/c8-6-1-2-7(11-9)5(3-6)4-10/h1-3,10H,4H2. The van der Waals surface area contributed by atoms with E-state index in [1.807, 2.05) is 18.2 Å². The number of benzene rings is 1. The summed E-state index contributed by atoms with van der Waals surface area (Å²) in [7, 11) is 0. The molecule has 1 aromatic carbocycles. The number of hydrogen-bond acceptors (Lipinski definition) is 2. The van der Waals surface area contributed by atoms with Gasteiger partial charge in [-0.25, -0.2) is 0 Å². The first kappa shape index (κ1) is 9.09. The van der Waals surface area contributed by atoms with E-state index in [1.54, 1.807) is 16.9 Å². The van der Waals surface area contributed by atoms with Gasteiger partial charge in [-0.2, -0.15) is 0 Å². The van der Waals surface area contributed by atoms with Gasteiger partial charge in [0.05, 0.1) is 0 Å². The van der Waals surface area contributed by atoms with Gasteiger partial charge in [-0.15, -0.1) is 0 Å². The van der Waals surface area contributed by atoms with Gasteiger partial charge < -0.3 is 0 Å². The third kappa shape index (κ3) is 2.22. The molecule has 0 aliphatic rings. The quantitative estimate of drug-likeness (QED) is 0.826. The summed E-state index contributed by atoms with van der Waals surface area (Å²) in [5.74, 6) is 0.718. The third-order valence-corrected chi connectivity index (χ3v) is 2.26. The Morgan fingerprint density at radius 2 is 2.27 bits per heavy atom. The summed E-state index contributed by atoms with van der Waals surface area (Å²) in [6, 6.07) is 5.52. The number of aliphatic hydroxyl groups excluding tert-OH is 1. The van der Waals surface area contributed by atoms with E-state index >= 15 is 0 Å². The minimum absolute atomic E-state index is 0.00259. The van der Waals surface area contributed by atoms with E-state index < -0.39 is 0 Å². The van der Waals surface area contributed by atoms with Gasteiger partial charge in [-0.05, 0) is 0 Å². The molecule has 4 heteroatoms. The molecule has 1 aromatic rings. The zero-order chi connectivity index (χ0) is 8.27. The molecule has 57 valence electrons. The molecule has 0 saturated carbocycles. The van der Waals surface area contributed by atoms with Crippen LogP contribution in [0, 0.1) is 0 Å². The van der Waals surface area contributed by atoms with Gasteiger partial charge in [-0.3, -0.25) is 0 Å². The molecule has 0 aliphatic heterocycles. The van der Waals surface area contributed by atoms with Crippen LogP contribution >= 0.6 is 15.9 Å².